The van der Waals surface area contributed by atoms with Crippen LogP contribution in [0.2, 0.25) is 0 Å². The molecule has 0 radical (unpaired) electrons. The van der Waals surface area contributed by atoms with Crippen LogP contribution in [0.15, 0.2) is 35.1 Å². The van der Waals surface area contributed by atoms with E-state index in [0.29, 0.717) is 0 Å². The first-order chi connectivity index (χ1) is 7.24. The molecule has 15 heavy (non-hydrogen) atoms. The Balaban J connectivity index is 2.59. The Bertz CT molecular complexity index is 708. The third-order valence-electron chi connectivity index (χ3n) is 2.53. The van der Waals surface area contributed by atoms with E-state index in [1.807, 2.05) is 30.3 Å². The van der Waals surface area contributed by atoms with Gasteiger partial charge in [0.2, 0.25) is 0 Å². The van der Waals surface area contributed by atoms with Crippen molar-refractivity contribution in [3.63, 3.8) is 0 Å². The molecule has 0 aliphatic rings. The molecule has 4 heteroatoms. The summed E-state index contributed by atoms with van der Waals surface area (Å²) in [5.41, 5.74) is 7.88. The maximum absolute atomic E-state index is 11.2. The second kappa shape index (κ2) is 2.63. The van der Waals surface area contributed by atoms with Gasteiger partial charge in [0.1, 0.15) is 0 Å². The number of anilines is 1. The van der Waals surface area contributed by atoms with Gasteiger partial charge in [-0.25, -0.2) is 4.79 Å². The highest BCUT2D eigenvalue weighted by Crippen LogP contribution is 2.23. The van der Waals surface area contributed by atoms with Gasteiger partial charge in [-0.15, -0.1) is 0 Å². The number of H-pyrrole nitrogens is 2. The van der Waals surface area contributed by atoms with Gasteiger partial charge in [-0.1, -0.05) is 12.1 Å². The zero-order valence-corrected chi connectivity index (χ0v) is 7.87. The Kier molecular flexibility index (Phi) is 1.42. The Hall–Kier alpha value is -2.23. The van der Waals surface area contributed by atoms with Crippen LogP contribution in [0, 0.1) is 0 Å². The molecule has 3 rings (SSSR count). The summed E-state index contributed by atoms with van der Waals surface area (Å²) in [6.07, 6.45) is 0. The molecule has 0 aliphatic carbocycles. The molecule has 1 heterocycles. The van der Waals surface area contributed by atoms with E-state index >= 15 is 0 Å². The van der Waals surface area contributed by atoms with Crippen LogP contribution < -0.4 is 11.4 Å². The topological polar surface area (TPSA) is 74.7 Å². The summed E-state index contributed by atoms with van der Waals surface area (Å²) in [5.74, 6) is 0. The first kappa shape index (κ1) is 8.11. The van der Waals surface area contributed by atoms with Gasteiger partial charge >= 0.3 is 5.69 Å². The molecular formula is C11H9N3O. The van der Waals surface area contributed by atoms with Crippen molar-refractivity contribution in [2.24, 2.45) is 0 Å². The van der Waals surface area contributed by atoms with Gasteiger partial charge < -0.3 is 15.7 Å². The van der Waals surface area contributed by atoms with Crippen molar-refractivity contribution in [3.05, 3.63) is 40.8 Å². The number of aromatic amines is 2. The summed E-state index contributed by atoms with van der Waals surface area (Å²) in [6.45, 7) is 0. The van der Waals surface area contributed by atoms with Gasteiger partial charge in [0.05, 0.1) is 11.0 Å². The van der Waals surface area contributed by atoms with Gasteiger partial charge in [-0.3, -0.25) is 0 Å². The summed E-state index contributed by atoms with van der Waals surface area (Å²) >= 11 is 0. The van der Waals surface area contributed by atoms with Crippen molar-refractivity contribution >= 4 is 27.5 Å². The summed E-state index contributed by atoms with van der Waals surface area (Å²) in [4.78, 5) is 16.7. The number of imidazole rings is 1. The van der Waals surface area contributed by atoms with Crippen molar-refractivity contribution in [2.75, 3.05) is 5.73 Å². The lowest BCUT2D eigenvalue weighted by atomic mass is 10.1. The fourth-order valence-electron chi connectivity index (χ4n) is 1.85. The largest absolute Gasteiger partial charge is 0.399 e. The lowest BCUT2D eigenvalue weighted by molar-refractivity contribution is 1.22. The quantitative estimate of drug-likeness (QED) is 0.481. The van der Waals surface area contributed by atoms with Crippen molar-refractivity contribution < 1.29 is 0 Å². The van der Waals surface area contributed by atoms with Crippen LogP contribution in [0.5, 0.6) is 0 Å². The number of rotatable bonds is 0. The van der Waals surface area contributed by atoms with Crippen LogP contribution in [0.25, 0.3) is 21.8 Å². The number of nitrogens with two attached hydrogens (primary N) is 1. The van der Waals surface area contributed by atoms with E-state index < -0.39 is 0 Å². The molecule has 0 bridgehead atoms. The zero-order valence-electron chi connectivity index (χ0n) is 7.87. The fraction of sp³-hybridized carbons (Fsp3) is 0. The predicted molar refractivity (Wildman–Crippen MR) is 60.8 cm³/mol. The Morgan fingerprint density at radius 1 is 1.07 bits per heavy atom. The number of nitrogens with one attached hydrogen (secondary N) is 2. The average Bonchev–Trinajstić information content (AvgIpc) is 2.58. The van der Waals surface area contributed by atoms with Crippen molar-refractivity contribution in [1.29, 1.82) is 0 Å². The van der Waals surface area contributed by atoms with Crippen molar-refractivity contribution in [1.82, 2.24) is 9.97 Å². The van der Waals surface area contributed by atoms with Crippen LogP contribution in [0.4, 0.5) is 5.69 Å². The molecule has 1 aromatic heterocycles. The maximum atomic E-state index is 11.2. The molecule has 0 spiro atoms. The molecule has 4 N–H and O–H groups in total. The third-order valence-corrected chi connectivity index (χ3v) is 2.53. The molecule has 3 aromatic rings. The Morgan fingerprint density at radius 3 is 2.80 bits per heavy atom. The smallest absolute Gasteiger partial charge is 0.323 e. The van der Waals surface area contributed by atoms with Gasteiger partial charge in [0.25, 0.3) is 0 Å². The molecule has 4 nitrogen and oxygen atoms in total. The number of hydrogen-bond donors (Lipinski definition) is 3. The Labute approximate surface area is 84.7 Å². The lowest BCUT2D eigenvalue weighted by Crippen LogP contribution is -1.99. The molecule has 74 valence electrons. The van der Waals surface area contributed by atoms with E-state index in [4.69, 9.17) is 5.73 Å². The fourth-order valence-corrected chi connectivity index (χ4v) is 1.85. The highest BCUT2D eigenvalue weighted by Gasteiger charge is 2.03. The van der Waals surface area contributed by atoms with Gasteiger partial charge in [-0.05, 0) is 23.6 Å². The maximum Gasteiger partial charge on any atom is 0.323 e. The highest BCUT2D eigenvalue weighted by atomic mass is 16.1. The summed E-state index contributed by atoms with van der Waals surface area (Å²) in [7, 11) is 0. The molecule has 0 unspecified atom stereocenters. The van der Waals surface area contributed by atoms with E-state index in [1.54, 1.807) is 0 Å². The molecule has 0 atom stereocenters. The van der Waals surface area contributed by atoms with E-state index in [0.717, 1.165) is 27.5 Å². The Morgan fingerprint density at radius 2 is 1.93 bits per heavy atom. The first-order valence-electron chi connectivity index (χ1n) is 4.64. The van der Waals surface area contributed by atoms with Crippen molar-refractivity contribution in [2.45, 2.75) is 0 Å². The molecule has 0 saturated carbocycles. The van der Waals surface area contributed by atoms with Crippen LogP contribution >= 0.6 is 0 Å². The van der Waals surface area contributed by atoms with Crippen LogP contribution in [0.1, 0.15) is 0 Å². The standard InChI is InChI=1S/C11H9N3O/c12-7-2-3-8-6(5-7)1-4-9-10(8)14-11(15)13-9/h1-5H,12H2,(H2,13,14,15). The average molecular weight is 199 g/mol. The van der Waals surface area contributed by atoms with E-state index in [1.165, 1.54) is 0 Å². The minimum atomic E-state index is -0.186. The summed E-state index contributed by atoms with van der Waals surface area (Å²) < 4.78 is 0. The number of fused-ring (bicyclic) bond motifs is 3. The lowest BCUT2D eigenvalue weighted by Gasteiger charge is -2.00. The third kappa shape index (κ3) is 1.11. The van der Waals surface area contributed by atoms with Crippen LogP contribution in [0.3, 0.4) is 0 Å². The second-order valence-corrected chi connectivity index (χ2v) is 3.55. The van der Waals surface area contributed by atoms with Gasteiger partial charge in [0.15, 0.2) is 0 Å². The number of nitrogen functional groups attached to an aromatic ring is 1. The molecule has 2 aromatic carbocycles. The molecule has 0 saturated heterocycles. The monoisotopic (exact) mass is 199 g/mol. The first-order valence-corrected chi connectivity index (χ1v) is 4.64. The zero-order chi connectivity index (χ0) is 10.4. The normalized spacial score (nSPS) is 11.2. The van der Waals surface area contributed by atoms with E-state index in [9.17, 15) is 4.79 Å². The second-order valence-electron chi connectivity index (χ2n) is 3.55. The summed E-state index contributed by atoms with van der Waals surface area (Å²) in [5, 5.41) is 2.03. The van der Waals surface area contributed by atoms with Crippen molar-refractivity contribution in [3.8, 4) is 0 Å². The molecule has 0 aliphatic heterocycles. The van der Waals surface area contributed by atoms with E-state index in [2.05, 4.69) is 9.97 Å². The van der Waals surface area contributed by atoms with Gasteiger partial charge in [-0.2, -0.15) is 0 Å². The molecule has 0 amide bonds. The highest BCUT2D eigenvalue weighted by molar-refractivity contribution is 6.04. The number of benzene rings is 2. The van der Waals surface area contributed by atoms with Gasteiger partial charge in [0, 0.05) is 11.1 Å². The molecule has 0 fully saturated rings. The number of aromatic nitrogens is 2. The number of hydrogen-bond acceptors (Lipinski definition) is 2. The van der Waals surface area contributed by atoms with E-state index in [-0.39, 0.29) is 5.69 Å². The summed E-state index contributed by atoms with van der Waals surface area (Å²) in [6, 6.07) is 9.44. The minimum Gasteiger partial charge on any atom is -0.399 e. The van der Waals surface area contributed by atoms with Crippen LogP contribution in [-0.2, 0) is 0 Å². The molecular weight excluding hydrogens is 190 g/mol. The minimum absolute atomic E-state index is 0.186. The van der Waals surface area contributed by atoms with Crippen LogP contribution in [-0.4, -0.2) is 9.97 Å². The SMILES string of the molecule is Nc1ccc2c(ccc3[nH]c(=O)[nH]c32)c1. The predicted octanol–water partition coefficient (Wildman–Crippen LogP) is 1.59.